The van der Waals surface area contributed by atoms with Gasteiger partial charge in [-0.2, -0.15) is 0 Å². The van der Waals surface area contributed by atoms with Gasteiger partial charge in [-0.25, -0.2) is 8.42 Å². The highest BCUT2D eigenvalue weighted by Gasteiger charge is 2.06. The molecule has 0 radical (unpaired) electrons. The summed E-state index contributed by atoms with van der Waals surface area (Å²) in [4.78, 5) is 1.95. The molecule has 0 bridgehead atoms. The minimum Gasteiger partial charge on any atom is -0.374 e. The van der Waals surface area contributed by atoms with E-state index >= 15 is 0 Å². The Labute approximate surface area is 104 Å². The average Bonchev–Trinajstić information content (AvgIpc) is 2.26. The van der Waals surface area contributed by atoms with Crippen molar-refractivity contribution in [3.8, 4) is 0 Å². The van der Waals surface area contributed by atoms with Crippen molar-refractivity contribution in [3.05, 3.63) is 29.8 Å². The quantitative estimate of drug-likeness (QED) is 0.821. The van der Waals surface area contributed by atoms with Crippen LogP contribution in [0.15, 0.2) is 24.3 Å². The third kappa shape index (κ3) is 5.19. The van der Waals surface area contributed by atoms with Crippen LogP contribution in [0.2, 0.25) is 0 Å². The first kappa shape index (κ1) is 14.0. The fraction of sp³-hybridized carbons (Fsp3) is 0.500. The van der Waals surface area contributed by atoms with Gasteiger partial charge in [-0.3, -0.25) is 0 Å². The predicted octanol–water partition coefficient (Wildman–Crippen LogP) is 0.887. The Hall–Kier alpha value is -1.07. The first-order valence-corrected chi connectivity index (χ1v) is 7.61. The second kappa shape index (κ2) is 6.02. The number of hydrogen-bond donors (Lipinski definition) is 1. The lowest BCUT2D eigenvalue weighted by molar-refractivity contribution is 0.601. The van der Waals surface area contributed by atoms with Crippen LogP contribution in [0.4, 0.5) is 5.69 Å². The molecule has 0 atom stereocenters. The lowest BCUT2D eigenvalue weighted by Crippen LogP contribution is -2.24. The molecular weight excluding hydrogens is 236 g/mol. The van der Waals surface area contributed by atoms with Crippen LogP contribution in [-0.4, -0.2) is 41.1 Å². The number of nitrogens with zero attached hydrogens (tertiary/aromatic N) is 1. The van der Waals surface area contributed by atoms with E-state index in [9.17, 15) is 8.42 Å². The molecule has 0 aromatic heterocycles. The van der Waals surface area contributed by atoms with Gasteiger partial charge in [0.15, 0.2) is 0 Å². The zero-order valence-electron chi connectivity index (χ0n) is 10.6. The molecule has 1 aromatic rings. The van der Waals surface area contributed by atoms with Gasteiger partial charge < -0.3 is 10.2 Å². The van der Waals surface area contributed by atoms with Crippen molar-refractivity contribution in [3.63, 3.8) is 0 Å². The van der Waals surface area contributed by atoms with Crippen LogP contribution in [0.25, 0.3) is 0 Å². The van der Waals surface area contributed by atoms with E-state index in [-0.39, 0.29) is 5.75 Å². The zero-order chi connectivity index (χ0) is 12.9. The summed E-state index contributed by atoms with van der Waals surface area (Å²) in [6, 6.07) is 8.11. The van der Waals surface area contributed by atoms with Crippen LogP contribution in [0.3, 0.4) is 0 Å². The Balaban J connectivity index is 2.60. The fourth-order valence-corrected chi connectivity index (χ4v) is 2.11. The molecule has 0 heterocycles. The molecule has 1 rings (SSSR count). The Morgan fingerprint density at radius 1 is 1.24 bits per heavy atom. The van der Waals surface area contributed by atoms with Gasteiger partial charge in [0.05, 0.1) is 5.75 Å². The summed E-state index contributed by atoms with van der Waals surface area (Å²) < 4.78 is 22.1. The summed E-state index contributed by atoms with van der Waals surface area (Å²) in [5.74, 6) is 0.182. The van der Waals surface area contributed by atoms with Gasteiger partial charge in [0.2, 0.25) is 0 Å². The van der Waals surface area contributed by atoms with E-state index in [4.69, 9.17) is 0 Å². The number of sulfone groups is 1. The number of anilines is 1. The summed E-state index contributed by atoms with van der Waals surface area (Å²) in [5.41, 5.74) is 2.25. The first-order chi connectivity index (χ1) is 7.92. The van der Waals surface area contributed by atoms with Gasteiger partial charge >= 0.3 is 0 Å². The zero-order valence-corrected chi connectivity index (χ0v) is 11.4. The average molecular weight is 256 g/mol. The molecule has 0 aliphatic heterocycles. The standard InChI is InChI=1S/C12H20N2O2S/c1-13-10-11-4-6-12(7-5-11)14(2)8-9-17(3,15)16/h4-7,13H,8-10H2,1-3H3. The normalized spacial score (nSPS) is 11.5. The van der Waals surface area contributed by atoms with Crippen molar-refractivity contribution in [2.24, 2.45) is 0 Å². The SMILES string of the molecule is CNCc1ccc(N(C)CCS(C)(=O)=O)cc1. The van der Waals surface area contributed by atoms with Crippen molar-refractivity contribution in [2.75, 3.05) is 37.5 Å². The Kier molecular flexibility index (Phi) is 4.96. The smallest absolute Gasteiger partial charge is 0.149 e. The lowest BCUT2D eigenvalue weighted by Gasteiger charge is -2.19. The third-order valence-corrected chi connectivity index (χ3v) is 3.48. The highest BCUT2D eigenvalue weighted by atomic mass is 32.2. The molecule has 0 spiro atoms. The summed E-state index contributed by atoms with van der Waals surface area (Å²) >= 11 is 0. The van der Waals surface area contributed by atoms with E-state index < -0.39 is 9.84 Å². The van der Waals surface area contributed by atoms with Crippen LogP contribution >= 0.6 is 0 Å². The monoisotopic (exact) mass is 256 g/mol. The van der Waals surface area contributed by atoms with E-state index in [1.807, 2.05) is 43.3 Å². The Morgan fingerprint density at radius 3 is 2.29 bits per heavy atom. The molecular formula is C12H20N2O2S. The summed E-state index contributed by atoms with van der Waals surface area (Å²) in [6.07, 6.45) is 1.26. The topological polar surface area (TPSA) is 49.4 Å². The van der Waals surface area contributed by atoms with Crippen LogP contribution in [-0.2, 0) is 16.4 Å². The minimum atomic E-state index is -2.90. The number of hydrogen-bond acceptors (Lipinski definition) is 4. The maximum atomic E-state index is 11.1. The van der Waals surface area contributed by atoms with Gasteiger partial charge in [0, 0.05) is 32.1 Å². The van der Waals surface area contributed by atoms with Crippen LogP contribution < -0.4 is 10.2 Å². The predicted molar refractivity (Wildman–Crippen MR) is 72.2 cm³/mol. The molecule has 0 aliphatic rings. The van der Waals surface area contributed by atoms with Crippen molar-refractivity contribution in [2.45, 2.75) is 6.54 Å². The molecule has 1 aromatic carbocycles. The number of rotatable bonds is 6. The number of nitrogens with one attached hydrogen (secondary N) is 1. The van der Waals surface area contributed by atoms with Crippen molar-refractivity contribution < 1.29 is 8.42 Å². The van der Waals surface area contributed by atoms with E-state index in [0.29, 0.717) is 6.54 Å². The lowest BCUT2D eigenvalue weighted by atomic mass is 10.2. The van der Waals surface area contributed by atoms with Crippen molar-refractivity contribution in [1.82, 2.24) is 5.32 Å². The molecule has 0 fully saturated rings. The van der Waals surface area contributed by atoms with Crippen LogP contribution in [0.5, 0.6) is 0 Å². The maximum absolute atomic E-state index is 11.1. The van der Waals surface area contributed by atoms with E-state index in [2.05, 4.69) is 5.32 Å². The second-order valence-corrected chi connectivity index (χ2v) is 6.51. The molecule has 0 unspecified atom stereocenters. The minimum absolute atomic E-state index is 0.182. The van der Waals surface area contributed by atoms with Gasteiger partial charge in [-0.1, -0.05) is 12.1 Å². The summed E-state index contributed by atoms with van der Waals surface area (Å²) in [6.45, 7) is 1.36. The fourth-order valence-electron chi connectivity index (χ4n) is 1.50. The van der Waals surface area contributed by atoms with Crippen molar-refractivity contribution >= 4 is 15.5 Å². The van der Waals surface area contributed by atoms with E-state index in [1.54, 1.807) is 0 Å². The molecule has 4 nitrogen and oxygen atoms in total. The molecule has 5 heteroatoms. The second-order valence-electron chi connectivity index (χ2n) is 4.25. The molecule has 0 saturated heterocycles. The largest absolute Gasteiger partial charge is 0.374 e. The van der Waals surface area contributed by atoms with Crippen LogP contribution in [0.1, 0.15) is 5.56 Å². The molecule has 0 saturated carbocycles. The van der Waals surface area contributed by atoms with E-state index in [1.165, 1.54) is 11.8 Å². The molecule has 0 aliphatic carbocycles. The van der Waals surface area contributed by atoms with Crippen LogP contribution in [0, 0.1) is 0 Å². The molecule has 17 heavy (non-hydrogen) atoms. The van der Waals surface area contributed by atoms with Gasteiger partial charge in [-0.05, 0) is 24.7 Å². The third-order valence-electron chi connectivity index (χ3n) is 2.56. The maximum Gasteiger partial charge on any atom is 0.149 e. The Morgan fingerprint density at radius 2 is 1.82 bits per heavy atom. The van der Waals surface area contributed by atoms with Gasteiger partial charge in [0.25, 0.3) is 0 Å². The van der Waals surface area contributed by atoms with Crippen molar-refractivity contribution in [1.29, 1.82) is 0 Å². The number of benzene rings is 1. The summed E-state index contributed by atoms with van der Waals surface area (Å²) in [5, 5.41) is 3.08. The molecule has 96 valence electrons. The first-order valence-electron chi connectivity index (χ1n) is 5.55. The van der Waals surface area contributed by atoms with Gasteiger partial charge in [-0.15, -0.1) is 0 Å². The molecule has 1 N–H and O–H groups in total. The van der Waals surface area contributed by atoms with Gasteiger partial charge in [0.1, 0.15) is 9.84 Å². The Bertz CT molecular complexity index is 440. The summed E-state index contributed by atoms with van der Waals surface area (Å²) in [7, 11) is 0.914. The molecule has 0 amide bonds. The highest BCUT2D eigenvalue weighted by Crippen LogP contribution is 2.13. The highest BCUT2D eigenvalue weighted by molar-refractivity contribution is 7.90. The van der Waals surface area contributed by atoms with E-state index in [0.717, 1.165) is 12.2 Å².